The van der Waals surface area contributed by atoms with Crippen molar-refractivity contribution in [1.29, 1.82) is 0 Å². The predicted octanol–water partition coefficient (Wildman–Crippen LogP) is 1.16. The summed E-state index contributed by atoms with van der Waals surface area (Å²) in [5.41, 5.74) is 0.664. The molecule has 1 N–H and O–H groups in total. The van der Waals surface area contributed by atoms with Crippen LogP contribution in [-0.4, -0.2) is 45.3 Å². The average molecular weight is 283 g/mol. The highest BCUT2D eigenvalue weighted by Crippen LogP contribution is 2.22. The molecule has 0 bridgehead atoms. The van der Waals surface area contributed by atoms with E-state index in [1.54, 1.807) is 24.4 Å². The molecule has 1 fully saturated rings. The van der Waals surface area contributed by atoms with Crippen molar-refractivity contribution < 1.29 is 14.7 Å². The van der Waals surface area contributed by atoms with Gasteiger partial charge in [0.05, 0.1) is 0 Å². The minimum atomic E-state index is -1.01. The van der Waals surface area contributed by atoms with Crippen molar-refractivity contribution >= 4 is 23.5 Å². The number of carbonyl (C=O) groups excluding carboxylic acids is 1. The minimum absolute atomic E-state index is 0.0414. The van der Waals surface area contributed by atoms with Gasteiger partial charge in [-0.15, -0.1) is 11.6 Å². The molecule has 1 amide bonds. The SMILES string of the molecule is O=C(O)[C@H](Cc1ccccn1)N1CC(CCl)CC1=O. The second-order valence-electron chi connectivity index (χ2n) is 4.65. The second-order valence-corrected chi connectivity index (χ2v) is 4.96. The number of pyridine rings is 1. The first kappa shape index (κ1) is 13.8. The van der Waals surface area contributed by atoms with Crippen LogP contribution in [-0.2, 0) is 16.0 Å². The lowest BCUT2D eigenvalue weighted by Gasteiger charge is -2.24. The number of hydrogen-bond acceptors (Lipinski definition) is 3. The number of hydrogen-bond donors (Lipinski definition) is 1. The van der Waals surface area contributed by atoms with Crippen LogP contribution in [0.15, 0.2) is 24.4 Å². The van der Waals surface area contributed by atoms with E-state index in [1.165, 1.54) is 4.90 Å². The van der Waals surface area contributed by atoms with Crippen molar-refractivity contribution in [2.75, 3.05) is 12.4 Å². The number of alkyl halides is 1. The summed E-state index contributed by atoms with van der Waals surface area (Å²) in [6.07, 6.45) is 2.16. The Hall–Kier alpha value is -1.62. The molecule has 19 heavy (non-hydrogen) atoms. The normalized spacial score (nSPS) is 20.6. The summed E-state index contributed by atoms with van der Waals surface area (Å²) >= 11 is 5.74. The summed E-state index contributed by atoms with van der Waals surface area (Å²) in [4.78, 5) is 28.8. The predicted molar refractivity (Wildman–Crippen MR) is 69.9 cm³/mol. The van der Waals surface area contributed by atoms with E-state index in [4.69, 9.17) is 11.6 Å². The Morgan fingerprint density at radius 1 is 1.58 bits per heavy atom. The van der Waals surface area contributed by atoms with Crippen molar-refractivity contribution in [3.05, 3.63) is 30.1 Å². The smallest absolute Gasteiger partial charge is 0.326 e. The van der Waals surface area contributed by atoms with Crippen LogP contribution in [0, 0.1) is 5.92 Å². The van der Waals surface area contributed by atoms with Crippen molar-refractivity contribution in [2.24, 2.45) is 5.92 Å². The zero-order valence-electron chi connectivity index (χ0n) is 10.3. The summed E-state index contributed by atoms with van der Waals surface area (Å²) in [7, 11) is 0. The number of aliphatic carboxylic acids is 1. The maximum atomic E-state index is 11.9. The topological polar surface area (TPSA) is 70.5 Å². The number of carbonyl (C=O) groups is 2. The van der Waals surface area contributed by atoms with Crippen molar-refractivity contribution in [2.45, 2.75) is 18.9 Å². The van der Waals surface area contributed by atoms with Gasteiger partial charge in [0.15, 0.2) is 0 Å². The molecule has 0 spiro atoms. The molecule has 2 atom stereocenters. The molecule has 1 aromatic rings. The zero-order valence-corrected chi connectivity index (χ0v) is 11.1. The Balaban J connectivity index is 2.13. The molecule has 1 aliphatic rings. The Labute approximate surface area is 116 Å². The number of carboxylic acids is 1. The number of likely N-dealkylation sites (tertiary alicyclic amines) is 1. The third-order valence-corrected chi connectivity index (χ3v) is 3.68. The maximum absolute atomic E-state index is 11.9. The second kappa shape index (κ2) is 6.02. The van der Waals surface area contributed by atoms with E-state index >= 15 is 0 Å². The van der Waals surface area contributed by atoms with Gasteiger partial charge in [-0.25, -0.2) is 4.79 Å². The minimum Gasteiger partial charge on any atom is -0.480 e. The van der Waals surface area contributed by atoms with E-state index < -0.39 is 12.0 Å². The highest BCUT2D eigenvalue weighted by atomic mass is 35.5. The molecule has 1 aliphatic heterocycles. The van der Waals surface area contributed by atoms with Gasteiger partial charge >= 0.3 is 5.97 Å². The molecular formula is C13H15ClN2O3. The molecule has 5 nitrogen and oxygen atoms in total. The van der Waals surface area contributed by atoms with E-state index in [9.17, 15) is 14.7 Å². The molecule has 2 rings (SSSR count). The van der Waals surface area contributed by atoms with Gasteiger partial charge in [-0.05, 0) is 18.1 Å². The highest BCUT2D eigenvalue weighted by molar-refractivity contribution is 6.18. The summed E-state index contributed by atoms with van der Waals surface area (Å²) in [5, 5.41) is 9.32. The number of rotatable bonds is 5. The Kier molecular flexibility index (Phi) is 4.37. The fourth-order valence-corrected chi connectivity index (χ4v) is 2.47. The third kappa shape index (κ3) is 3.23. The van der Waals surface area contributed by atoms with Gasteiger partial charge in [0.1, 0.15) is 6.04 Å². The average Bonchev–Trinajstić information content (AvgIpc) is 2.78. The van der Waals surface area contributed by atoms with Crippen LogP contribution in [0.3, 0.4) is 0 Å². The van der Waals surface area contributed by atoms with Crippen LogP contribution in [0.2, 0.25) is 0 Å². The van der Waals surface area contributed by atoms with Crippen LogP contribution in [0.5, 0.6) is 0 Å². The first-order valence-electron chi connectivity index (χ1n) is 6.10. The van der Waals surface area contributed by atoms with Gasteiger partial charge in [-0.1, -0.05) is 6.07 Å². The fourth-order valence-electron chi connectivity index (χ4n) is 2.26. The third-order valence-electron chi connectivity index (χ3n) is 3.25. The van der Waals surface area contributed by atoms with E-state index in [2.05, 4.69) is 4.98 Å². The van der Waals surface area contributed by atoms with Gasteiger partial charge in [-0.3, -0.25) is 9.78 Å². The summed E-state index contributed by atoms with van der Waals surface area (Å²) in [6.45, 7) is 0.409. The summed E-state index contributed by atoms with van der Waals surface area (Å²) in [5.74, 6) is -0.735. The lowest BCUT2D eigenvalue weighted by Crippen LogP contribution is -2.44. The fraction of sp³-hybridized carbons (Fsp3) is 0.462. The molecule has 102 valence electrons. The lowest BCUT2D eigenvalue weighted by molar-refractivity contribution is -0.148. The van der Waals surface area contributed by atoms with E-state index in [0.29, 0.717) is 24.5 Å². The van der Waals surface area contributed by atoms with Gasteiger partial charge in [-0.2, -0.15) is 0 Å². The maximum Gasteiger partial charge on any atom is 0.326 e. The number of halogens is 1. The summed E-state index contributed by atoms with van der Waals surface area (Å²) < 4.78 is 0. The van der Waals surface area contributed by atoms with Gasteiger partial charge in [0.25, 0.3) is 0 Å². The number of aromatic nitrogens is 1. The molecule has 1 aromatic heterocycles. The van der Waals surface area contributed by atoms with Gasteiger partial charge in [0.2, 0.25) is 5.91 Å². The van der Waals surface area contributed by atoms with Crippen molar-refractivity contribution in [3.8, 4) is 0 Å². The van der Waals surface area contributed by atoms with Crippen LogP contribution in [0.25, 0.3) is 0 Å². The van der Waals surface area contributed by atoms with Crippen molar-refractivity contribution in [1.82, 2.24) is 9.88 Å². The molecule has 1 saturated heterocycles. The molecule has 2 heterocycles. The molecular weight excluding hydrogens is 268 g/mol. The monoisotopic (exact) mass is 282 g/mol. The number of nitrogens with zero attached hydrogens (tertiary/aromatic N) is 2. The number of amides is 1. The molecule has 0 radical (unpaired) electrons. The van der Waals surface area contributed by atoms with E-state index in [-0.39, 0.29) is 18.2 Å². The Bertz CT molecular complexity index is 466. The highest BCUT2D eigenvalue weighted by Gasteiger charge is 2.37. The van der Waals surface area contributed by atoms with Crippen LogP contribution < -0.4 is 0 Å². The zero-order chi connectivity index (χ0) is 13.8. The molecule has 1 unspecified atom stereocenters. The molecule has 6 heteroatoms. The Morgan fingerprint density at radius 2 is 2.37 bits per heavy atom. The van der Waals surface area contributed by atoms with E-state index in [0.717, 1.165) is 0 Å². The van der Waals surface area contributed by atoms with Crippen LogP contribution >= 0.6 is 11.6 Å². The van der Waals surface area contributed by atoms with Crippen LogP contribution in [0.1, 0.15) is 12.1 Å². The number of carboxylic acid groups (broad SMARTS) is 1. The van der Waals surface area contributed by atoms with Crippen LogP contribution in [0.4, 0.5) is 0 Å². The molecule has 0 aliphatic carbocycles. The first-order chi connectivity index (χ1) is 9.11. The summed E-state index contributed by atoms with van der Waals surface area (Å²) in [6, 6.07) is 4.46. The largest absolute Gasteiger partial charge is 0.480 e. The van der Waals surface area contributed by atoms with E-state index in [1.807, 2.05) is 0 Å². The molecule has 0 aromatic carbocycles. The first-order valence-corrected chi connectivity index (χ1v) is 6.63. The van der Waals surface area contributed by atoms with Gasteiger partial charge in [0, 0.05) is 37.2 Å². The lowest BCUT2D eigenvalue weighted by atomic mass is 10.1. The Morgan fingerprint density at radius 3 is 2.89 bits per heavy atom. The standard InChI is InChI=1S/C13H15ClN2O3/c14-7-9-5-12(17)16(8-9)11(13(18)19)6-10-3-1-2-4-15-10/h1-4,9,11H,5-8H2,(H,18,19)/t9?,11-/m0/s1. The van der Waals surface area contributed by atoms with Crippen molar-refractivity contribution in [3.63, 3.8) is 0 Å². The molecule has 0 saturated carbocycles. The van der Waals surface area contributed by atoms with Gasteiger partial charge < -0.3 is 10.0 Å². The quantitative estimate of drug-likeness (QED) is 0.823.